The number of rotatable bonds is 5. The van der Waals surface area contributed by atoms with Gasteiger partial charge in [0.2, 0.25) is 15.9 Å². The van der Waals surface area contributed by atoms with E-state index >= 15 is 0 Å². The smallest absolute Gasteiger partial charge is 0.242 e. The van der Waals surface area contributed by atoms with E-state index in [1.54, 1.807) is 0 Å². The Hall–Kier alpha value is -1.40. The largest absolute Gasteiger partial charge is 0.324 e. The molecule has 1 aliphatic heterocycles. The summed E-state index contributed by atoms with van der Waals surface area (Å²) in [6.07, 6.45) is 1.87. The molecule has 0 aliphatic carbocycles. The van der Waals surface area contributed by atoms with Crippen LogP contribution in [0.25, 0.3) is 0 Å². The number of benzene rings is 1. The maximum atomic E-state index is 12.5. The Bertz CT molecular complexity index is 655. The lowest BCUT2D eigenvalue weighted by atomic mass is 10.1. The summed E-state index contributed by atoms with van der Waals surface area (Å²) in [5.41, 5.74) is 2.86. The molecule has 1 aromatic rings. The summed E-state index contributed by atoms with van der Waals surface area (Å²) in [7, 11) is -3.34. The van der Waals surface area contributed by atoms with Gasteiger partial charge in [-0.3, -0.25) is 4.79 Å². The van der Waals surface area contributed by atoms with Gasteiger partial charge in [-0.2, -0.15) is 4.31 Å². The van der Waals surface area contributed by atoms with Gasteiger partial charge in [-0.25, -0.2) is 8.42 Å². The minimum Gasteiger partial charge on any atom is -0.324 e. The Balaban J connectivity index is 2.16. The molecule has 0 saturated carbocycles. The van der Waals surface area contributed by atoms with Crippen molar-refractivity contribution in [2.45, 2.75) is 46.1 Å². The van der Waals surface area contributed by atoms with Crippen LogP contribution < -0.4 is 5.32 Å². The van der Waals surface area contributed by atoms with Crippen molar-refractivity contribution >= 4 is 21.6 Å². The molecule has 1 N–H and O–H groups in total. The fraction of sp³-hybridized carbons (Fsp3) is 0.562. The SMILES string of the molecule is CCCS(=O)(=O)N1CCCC1C(=O)Nc1cccc(C)c1C. The van der Waals surface area contributed by atoms with Gasteiger partial charge in [0.25, 0.3) is 0 Å². The van der Waals surface area contributed by atoms with Gasteiger partial charge in [0.1, 0.15) is 6.04 Å². The first-order valence-electron chi connectivity index (χ1n) is 7.73. The van der Waals surface area contributed by atoms with Crippen molar-refractivity contribution in [2.24, 2.45) is 0 Å². The molecule has 22 heavy (non-hydrogen) atoms. The number of anilines is 1. The fourth-order valence-electron chi connectivity index (χ4n) is 2.81. The van der Waals surface area contributed by atoms with Crippen LogP contribution in [-0.2, 0) is 14.8 Å². The number of carbonyl (C=O) groups is 1. The lowest BCUT2D eigenvalue weighted by molar-refractivity contribution is -0.119. The number of nitrogens with one attached hydrogen (secondary N) is 1. The van der Waals surface area contributed by atoms with E-state index in [-0.39, 0.29) is 11.7 Å². The van der Waals surface area contributed by atoms with Gasteiger partial charge in [-0.15, -0.1) is 0 Å². The van der Waals surface area contributed by atoms with Crippen LogP contribution in [0, 0.1) is 13.8 Å². The second kappa shape index (κ2) is 6.79. The van der Waals surface area contributed by atoms with Crippen LogP contribution in [0.1, 0.15) is 37.3 Å². The number of amides is 1. The molecule has 1 saturated heterocycles. The molecule has 1 heterocycles. The van der Waals surface area contributed by atoms with Crippen LogP contribution in [0.2, 0.25) is 0 Å². The van der Waals surface area contributed by atoms with Crippen molar-refractivity contribution in [1.82, 2.24) is 4.31 Å². The predicted octanol–water partition coefficient (Wildman–Crippen LogP) is 2.45. The first kappa shape index (κ1) is 17.0. The predicted molar refractivity (Wildman–Crippen MR) is 88.4 cm³/mol. The Morgan fingerprint density at radius 3 is 2.77 bits per heavy atom. The zero-order valence-electron chi connectivity index (χ0n) is 13.4. The monoisotopic (exact) mass is 324 g/mol. The van der Waals surface area contributed by atoms with Crippen LogP contribution in [0.4, 0.5) is 5.69 Å². The van der Waals surface area contributed by atoms with E-state index in [0.29, 0.717) is 19.4 Å². The van der Waals surface area contributed by atoms with Gasteiger partial charge in [-0.05, 0) is 50.3 Å². The minimum atomic E-state index is -3.34. The van der Waals surface area contributed by atoms with Crippen molar-refractivity contribution in [3.8, 4) is 0 Å². The normalized spacial score (nSPS) is 19.3. The molecule has 1 atom stereocenters. The van der Waals surface area contributed by atoms with Gasteiger partial charge >= 0.3 is 0 Å². The number of hydrogen-bond acceptors (Lipinski definition) is 3. The first-order valence-corrected chi connectivity index (χ1v) is 9.34. The number of sulfonamides is 1. The van der Waals surface area contributed by atoms with E-state index in [9.17, 15) is 13.2 Å². The standard InChI is InChI=1S/C16H24N2O3S/c1-4-11-22(20,21)18-10-6-9-15(18)16(19)17-14-8-5-7-12(2)13(14)3/h5,7-8,15H,4,6,9-11H2,1-3H3,(H,17,19). The Kier molecular flexibility index (Phi) is 5.24. The van der Waals surface area contributed by atoms with Crippen LogP contribution >= 0.6 is 0 Å². The summed E-state index contributed by atoms with van der Waals surface area (Å²) in [6.45, 7) is 6.20. The van der Waals surface area contributed by atoms with E-state index in [1.807, 2.05) is 39.0 Å². The number of aryl methyl sites for hydroxylation is 1. The zero-order valence-corrected chi connectivity index (χ0v) is 14.2. The maximum absolute atomic E-state index is 12.5. The number of nitrogens with zero attached hydrogens (tertiary/aromatic N) is 1. The zero-order chi connectivity index (χ0) is 16.3. The molecule has 1 amide bonds. The van der Waals surface area contributed by atoms with Gasteiger partial charge in [0.15, 0.2) is 0 Å². The molecule has 0 spiro atoms. The Labute approximate surface area is 132 Å². The second-order valence-corrected chi connectivity index (χ2v) is 7.86. The molecule has 0 bridgehead atoms. The Morgan fingerprint density at radius 2 is 2.09 bits per heavy atom. The quantitative estimate of drug-likeness (QED) is 0.904. The summed E-state index contributed by atoms with van der Waals surface area (Å²) in [4.78, 5) is 12.5. The van der Waals surface area contributed by atoms with Gasteiger partial charge < -0.3 is 5.32 Å². The molecular weight excluding hydrogens is 300 g/mol. The third kappa shape index (κ3) is 3.50. The minimum absolute atomic E-state index is 0.0975. The highest BCUT2D eigenvalue weighted by Gasteiger charge is 2.38. The van der Waals surface area contributed by atoms with E-state index in [4.69, 9.17) is 0 Å². The van der Waals surface area contributed by atoms with Gasteiger partial charge in [0, 0.05) is 12.2 Å². The lowest BCUT2D eigenvalue weighted by Gasteiger charge is -2.23. The number of carbonyl (C=O) groups excluding carboxylic acids is 1. The molecule has 0 aromatic heterocycles. The van der Waals surface area contributed by atoms with Crippen LogP contribution in [0.15, 0.2) is 18.2 Å². The third-order valence-electron chi connectivity index (χ3n) is 4.19. The van der Waals surface area contributed by atoms with E-state index in [1.165, 1.54) is 4.31 Å². The summed E-state index contributed by atoms with van der Waals surface area (Å²) >= 11 is 0. The summed E-state index contributed by atoms with van der Waals surface area (Å²) in [5.74, 6) is -0.133. The highest BCUT2D eigenvalue weighted by Crippen LogP contribution is 2.24. The van der Waals surface area contributed by atoms with E-state index in [2.05, 4.69) is 5.32 Å². The van der Waals surface area contributed by atoms with Crippen molar-refractivity contribution in [3.05, 3.63) is 29.3 Å². The molecule has 2 rings (SSSR count). The highest BCUT2D eigenvalue weighted by atomic mass is 32.2. The highest BCUT2D eigenvalue weighted by molar-refractivity contribution is 7.89. The molecule has 6 heteroatoms. The summed E-state index contributed by atoms with van der Waals surface area (Å²) in [6, 6.07) is 5.13. The molecule has 5 nitrogen and oxygen atoms in total. The van der Waals surface area contributed by atoms with Crippen molar-refractivity contribution in [2.75, 3.05) is 17.6 Å². The van der Waals surface area contributed by atoms with Crippen molar-refractivity contribution in [3.63, 3.8) is 0 Å². The molecule has 1 aliphatic rings. The second-order valence-electron chi connectivity index (χ2n) is 5.82. The summed E-state index contributed by atoms with van der Waals surface area (Å²) < 4.78 is 25.9. The third-order valence-corrected chi connectivity index (χ3v) is 6.26. The van der Waals surface area contributed by atoms with Crippen molar-refractivity contribution < 1.29 is 13.2 Å². The van der Waals surface area contributed by atoms with E-state index in [0.717, 1.165) is 23.2 Å². The molecular formula is C16H24N2O3S. The molecule has 1 aromatic carbocycles. The molecule has 1 unspecified atom stereocenters. The molecule has 1 fully saturated rings. The van der Waals surface area contributed by atoms with Gasteiger partial charge in [-0.1, -0.05) is 19.1 Å². The molecule has 122 valence electrons. The average molecular weight is 324 g/mol. The lowest BCUT2D eigenvalue weighted by Crippen LogP contribution is -2.44. The average Bonchev–Trinajstić information content (AvgIpc) is 2.94. The topological polar surface area (TPSA) is 66.5 Å². The van der Waals surface area contributed by atoms with E-state index < -0.39 is 16.1 Å². The molecule has 0 radical (unpaired) electrons. The van der Waals surface area contributed by atoms with Crippen LogP contribution in [0.5, 0.6) is 0 Å². The maximum Gasteiger partial charge on any atom is 0.242 e. The van der Waals surface area contributed by atoms with Gasteiger partial charge in [0.05, 0.1) is 5.75 Å². The Morgan fingerprint density at radius 1 is 1.36 bits per heavy atom. The number of hydrogen-bond donors (Lipinski definition) is 1. The van der Waals surface area contributed by atoms with Crippen LogP contribution in [-0.4, -0.2) is 37.0 Å². The first-order chi connectivity index (χ1) is 10.4. The fourth-order valence-corrected chi connectivity index (χ4v) is 4.56. The van der Waals surface area contributed by atoms with Crippen molar-refractivity contribution in [1.29, 1.82) is 0 Å². The van der Waals surface area contributed by atoms with Crippen LogP contribution in [0.3, 0.4) is 0 Å². The summed E-state index contributed by atoms with van der Waals surface area (Å²) in [5, 5.41) is 2.89.